The van der Waals surface area contributed by atoms with Crippen molar-refractivity contribution in [3.8, 4) is 0 Å². The zero-order chi connectivity index (χ0) is 21.2. The Morgan fingerprint density at radius 1 is 1.24 bits per heavy atom. The topological polar surface area (TPSA) is 63.1 Å². The molecule has 158 valence electrons. The lowest BCUT2D eigenvalue weighted by atomic mass is 10.1. The minimum absolute atomic E-state index is 0.0327. The average molecular weight is 418 g/mol. The Bertz CT molecular complexity index is 867. The summed E-state index contributed by atoms with van der Waals surface area (Å²) < 4.78 is 2.27. The molecule has 0 saturated heterocycles. The van der Waals surface area contributed by atoms with Crippen molar-refractivity contribution in [2.45, 2.75) is 71.4 Å². The number of amides is 1. The van der Waals surface area contributed by atoms with Gasteiger partial charge in [-0.3, -0.25) is 4.79 Å². The summed E-state index contributed by atoms with van der Waals surface area (Å²) in [5.41, 5.74) is 1.77. The molecule has 1 N–H and O–H groups in total. The maximum atomic E-state index is 12.5. The van der Waals surface area contributed by atoms with Crippen LogP contribution in [0.4, 0.5) is 5.69 Å². The fourth-order valence-corrected chi connectivity index (χ4v) is 3.41. The molecule has 3 rings (SSSR count). The third-order valence-corrected chi connectivity index (χ3v) is 6.09. The van der Waals surface area contributed by atoms with Gasteiger partial charge < -0.3 is 14.8 Å². The monoisotopic (exact) mass is 417 g/mol. The predicted octanol–water partition coefficient (Wildman–Crippen LogP) is 4.42. The summed E-state index contributed by atoms with van der Waals surface area (Å²) in [7, 11) is 2.14. The maximum Gasteiger partial charge on any atom is 0.224 e. The van der Waals surface area contributed by atoms with Crippen molar-refractivity contribution in [1.82, 2.24) is 19.7 Å². The normalized spacial score (nSPS) is 14.4. The second-order valence-corrected chi connectivity index (χ2v) is 9.34. The van der Waals surface area contributed by atoms with Crippen LogP contribution in [0.2, 0.25) is 5.02 Å². The van der Waals surface area contributed by atoms with Gasteiger partial charge in [-0.25, -0.2) is 0 Å². The largest absolute Gasteiger partial charge is 0.326 e. The average Bonchev–Trinajstić information content (AvgIpc) is 3.41. The molecule has 0 radical (unpaired) electrons. The summed E-state index contributed by atoms with van der Waals surface area (Å²) >= 11 is 6.14. The van der Waals surface area contributed by atoms with Crippen LogP contribution in [0, 0.1) is 6.92 Å². The molecule has 1 amide bonds. The molecule has 7 heteroatoms. The van der Waals surface area contributed by atoms with E-state index in [1.807, 2.05) is 25.1 Å². The van der Waals surface area contributed by atoms with E-state index in [2.05, 4.69) is 52.8 Å². The van der Waals surface area contributed by atoms with Gasteiger partial charge in [0, 0.05) is 48.1 Å². The zero-order valence-corrected chi connectivity index (χ0v) is 18.9. The molecule has 0 spiro atoms. The zero-order valence-electron chi connectivity index (χ0n) is 18.1. The number of nitrogens with one attached hydrogen (secondary N) is 1. The van der Waals surface area contributed by atoms with Crippen molar-refractivity contribution in [3.63, 3.8) is 0 Å². The summed E-state index contributed by atoms with van der Waals surface area (Å²) in [4.78, 5) is 14.8. The Morgan fingerprint density at radius 3 is 2.52 bits per heavy atom. The lowest BCUT2D eigenvalue weighted by Gasteiger charge is -2.31. The van der Waals surface area contributed by atoms with Crippen LogP contribution in [-0.2, 0) is 17.6 Å². The number of carbonyl (C=O) groups is 1. The molecule has 1 saturated carbocycles. The highest BCUT2D eigenvalue weighted by Gasteiger charge is 2.29. The van der Waals surface area contributed by atoms with Crippen LogP contribution in [0.15, 0.2) is 18.2 Å². The molecule has 0 atom stereocenters. The Balaban J connectivity index is 1.61. The minimum Gasteiger partial charge on any atom is -0.326 e. The van der Waals surface area contributed by atoms with Gasteiger partial charge in [-0.2, -0.15) is 0 Å². The van der Waals surface area contributed by atoms with Gasteiger partial charge in [0.2, 0.25) is 5.91 Å². The van der Waals surface area contributed by atoms with Crippen molar-refractivity contribution in [2.24, 2.45) is 0 Å². The smallest absolute Gasteiger partial charge is 0.224 e. The third-order valence-electron chi connectivity index (χ3n) is 5.68. The van der Waals surface area contributed by atoms with E-state index in [1.165, 1.54) is 12.8 Å². The van der Waals surface area contributed by atoms with E-state index >= 15 is 0 Å². The van der Waals surface area contributed by atoms with Gasteiger partial charge >= 0.3 is 0 Å². The Morgan fingerprint density at radius 2 is 1.90 bits per heavy atom. The van der Waals surface area contributed by atoms with Gasteiger partial charge in [-0.1, -0.05) is 17.7 Å². The van der Waals surface area contributed by atoms with E-state index in [1.54, 1.807) is 0 Å². The Hall–Kier alpha value is -1.92. The first-order valence-electron chi connectivity index (χ1n) is 10.4. The van der Waals surface area contributed by atoms with Crippen molar-refractivity contribution in [1.29, 1.82) is 0 Å². The lowest BCUT2D eigenvalue weighted by Crippen LogP contribution is -2.39. The molecule has 1 aliphatic rings. The molecule has 0 aliphatic heterocycles. The number of aryl methyl sites for hydroxylation is 1. The highest BCUT2D eigenvalue weighted by atomic mass is 35.5. The van der Waals surface area contributed by atoms with E-state index in [4.69, 9.17) is 11.6 Å². The fourth-order valence-electron chi connectivity index (χ4n) is 3.24. The molecule has 2 aromatic rings. The van der Waals surface area contributed by atoms with Crippen LogP contribution in [0.5, 0.6) is 0 Å². The van der Waals surface area contributed by atoms with Crippen LogP contribution in [0.1, 0.15) is 63.3 Å². The van der Waals surface area contributed by atoms with Crippen LogP contribution in [0.3, 0.4) is 0 Å². The number of carbonyl (C=O) groups excluding carboxylic acids is 1. The van der Waals surface area contributed by atoms with E-state index in [0.717, 1.165) is 35.9 Å². The molecule has 1 fully saturated rings. The van der Waals surface area contributed by atoms with E-state index in [-0.39, 0.29) is 11.4 Å². The third kappa shape index (κ3) is 5.58. The minimum atomic E-state index is -0.0327. The second-order valence-electron chi connectivity index (χ2n) is 8.94. The lowest BCUT2D eigenvalue weighted by molar-refractivity contribution is -0.116. The molecular weight excluding hydrogens is 386 g/mol. The number of hydrogen-bond acceptors (Lipinski definition) is 4. The van der Waals surface area contributed by atoms with E-state index < -0.39 is 0 Å². The molecule has 29 heavy (non-hydrogen) atoms. The van der Waals surface area contributed by atoms with Gasteiger partial charge in [-0.15, -0.1) is 10.2 Å². The van der Waals surface area contributed by atoms with Crippen LogP contribution in [-0.4, -0.2) is 44.7 Å². The molecule has 1 aromatic heterocycles. The summed E-state index contributed by atoms with van der Waals surface area (Å²) in [6, 6.07) is 6.03. The number of halogens is 1. The number of likely N-dealkylation sites (N-methyl/N-ethyl adjacent to an activating group) is 1. The van der Waals surface area contributed by atoms with Gasteiger partial charge in [0.15, 0.2) is 0 Å². The van der Waals surface area contributed by atoms with Gasteiger partial charge in [-0.05, 0) is 65.3 Å². The number of rotatable bonds is 8. The van der Waals surface area contributed by atoms with Crippen LogP contribution < -0.4 is 5.32 Å². The van der Waals surface area contributed by atoms with Gasteiger partial charge in [0.25, 0.3) is 0 Å². The summed E-state index contributed by atoms with van der Waals surface area (Å²) in [6.45, 7) is 9.48. The number of aromatic nitrogens is 3. The van der Waals surface area contributed by atoms with Crippen molar-refractivity contribution >= 4 is 23.2 Å². The SMILES string of the molecule is Cc1c(Cl)cccc1NC(=O)CCc1nnc(CCN(C)C(C)(C)C)n1C1CC1. The standard InChI is InChI=1S/C22H32ClN5O/c1-15-17(23)7-6-8-18(15)24-21(29)12-11-19-25-26-20(28(19)16-9-10-16)13-14-27(5)22(2,3)4/h6-8,16H,9-14H2,1-5H3,(H,24,29). The molecule has 1 heterocycles. The molecule has 1 aliphatic carbocycles. The number of anilines is 1. The van der Waals surface area contributed by atoms with Gasteiger partial charge in [0.05, 0.1) is 0 Å². The fraction of sp³-hybridized carbons (Fsp3) is 0.591. The molecular formula is C22H32ClN5O. The first-order valence-corrected chi connectivity index (χ1v) is 10.7. The van der Waals surface area contributed by atoms with Crippen LogP contribution >= 0.6 is 11.6 Å². The maximum absolute atomic E-state index is 12.5. The first-order chi connectivity index (χ1) is 13.7. The summed E-state index contributed by atoms with van der Waals surface area (Å²) in [5, 5.41) is 12.5. The molecule has 0 unspecified atom stereocenters. The Kier molecular flexibility index (Phi) is 6.64. The summed E-state index contributed by atoms with van der Waals surface area (Å²) in [6.07, 6.45) is 4.16. The summed E-state index contributed by atoms with van der Waals surface area (Å²) in [5.74, 6) is 1.92. The van der Waals surface area contributed by atoms with Crippen molar-refractivity contribution in [2.75, 3.05) is 18.9 Å². The molecule has 1 aromatic carbocycles. The highest BCUT2D eigenvalue weighted by molar-refractivity contribution is 6.31. The predicted molar refractivity (Wildman–Crippen MR) is 118 cm³/mol. The van der Waals surface area contributed by atoms with E-state index in [0.29, 0.717) is 23.9 Å². The highest BCUT2D eigenvalue weighted by Crippen LogP contribution is 2.37. The molecule has 0 bridgehead atoms. The van der Waals surface area contributed by atoms with Gasteiger partial charge in [0.1, 0.15) is 11.6 Å². The van der Waals surface area contributed by atoms with Crippen molar-refractivity contribution < 1.29 is 4.79 Å². The Labute approximate surface area is 178 Å². The first kappa shape index (κ1) is 21.8. The number of benzene rings is 1. The second kappa shape index (κ2) is 8.84. The van der Waals surface area contributed by atoms with E-state index in [9.17, 15) is 4.79 Å². The molecule has 6 nitrogen and oxygen atoms in total. The number of nitrogens with zero attached hydrogens (tertiary/aromatic N) is 4. The van der Waals surface area contributed by atoms with Crippen LogP contribution in [0.25, 0.3) is 0 Å². The number of hydrogen-bond donors (Lipinski definition) is 1. The quantitative estimate of drug-likeness (QED) is 0.690. The van der Waals surface area contributed by atoms with Crippen molar-refractivity contribution in [3.05, 3.63) is 40.4 Å².